The molecule has 5 rings (SSSR count). The van der Waals surface area contributed by atoms with E-state index in [1.807, 2.05) is 30.3 Å². The average molecular weight is 414 g/mol. The van der Waals surface area contributed by atoms with Gasteiger partial charge in [-0.3, -0.25) is 9.59 Å². The van der Waals surface area contributed by atoms with Gasteiger partial charge in [-0.25, -0.2) is 8.42 Å². The van der Waals surface area contributed by atoms with E-state index in [2.05, 4.69) is 6.92 Å². The second kappa shape index (κ2) is 5.99. The number of carbonyl (C=O) groups is 2. The Labute approximate surface area is 172 Å². The zero-order chi connectivity index (χ0) is 20.6. The first-order valence-electron chi connectivity index (χ1n) is 10.3. The maximum atomic E-state index is 12.5. The van der Waals surface area contributed by atoms with Crippen LogP contribution < -0.4 is 0 Å². The van der Waals surface area contributed by atoms with Gasteiger partial charge in [-0.2, -0.15) is 0 Å². The van der Waals surface area contributed by atoms with Crippen molar-refractivity contribution >= 4 is 33.8 Å². The third-order valence-corrected chi connectivity index (χ3v) is 8.79. The zero-order valence-electron chi connectivity index (χ0n) is 17.3. The summed E-state index contributed by atoms with van der Waals surface area (Å²) in [4.78, 5) is 25.0. The van der Waals surface area contributed by atoms with Crippen molar-refractivity contribution < 1.29 is 24.0 Å². The first-order valence-corrected chi connectivity index (χ1v) is 11.8. The highest BCUT2D eigenvalue weighted by Crippen LogP contribution is 2.64. The molecule has 0 radical (unpaired) electrons. The lowest BCUT2D eigenvalue weighted by molar-refractivity contribution is -0.147. The standard InChI is InChI=1S/C23H24O5S/c1-2-22-9-7-18(22)16(20(22)24)11-14-3-5-15(6-4-14)12-17-19-8-10-23(19,21(17)25)13-29(26,27)28/h3-6,11-12,18-19H,2,7-10,13H2,1H3,(H,26,27,28)/b16-11+,17-12+/i/hD. The molecule has 152 valence electrons. The second-order valence-electron chi connectivity index (χ2n) is 9.07. The Bertz CT molecular complexity index is 1100. The summed E-state index contributed by atoms with van der Waals surface area (Å²) in [7, 11) is -4.41. The molecule has 0 saturated heterocycles. The molecular weight excluding hydrogens is 388 g/mol. The molecule has 0 bridgehead atoms. The van der Waals surface area contributed by atoms with Crippen molar-refractivity contribution in [3.8, 4) is 0 Å². The van der Waals surface area contributed by atoms with Gasteiger partial charge < -0.3 is 4.55 Å². The Balaban J connectivity index is 0.00000218. The Morgan fingerprint density at radius 3 is 1.72 bits per heavy atom. The number of hydrogen-bond acceptors (Lipinski definition) is 5. The van der Waals surface area contributed by atoms with E-state index in [1.165, 1.54) is 0 Å². The highest BCUT2D eigenvalue weighted by Gasteiger charge is 2.64. The molecule has 1 aromatic carbocycles. The van der Waals surface area contributed by atoms with E-state index in [4.69, 9.17) is 0 Å². The Morgan fingerprint density at radius 2 is 1.41 bits per heavy atom. The van der Waals surface area contributed by atoms with Gasteiger partial charge >= 0.3 is 1.43 Å². The van der Waals surface area contributed by atoms with Gasteiger partial charge in [-0.05, 0) is 55.4 Å². The molecule has 0 aromatic heterocycles. The average Bonchev–Trinajstić information content (AvgIpc) is 2.64. The highest BCUT2D eigenvalue weighted by molar-refractivity contribution is 7.85. The van der Waals surface area contributed by atoms with Gasteiger partial charge in [0.1, 0.15) is 0 Å². The molecule has 4 unspecified atom stereocenters. The number of fused-ring (bicyclic) bond motifs is 2. The second-order valence-corrected chi connectivity index (χ2v) is 10.5. The van der Waals surface area contributed by atoms with Crippen LogP contribution in [0.5, 0.6) is 0 Å². The number of benzene rings is 1. The SMILES string of the molecule is CCC12CCC1/C(=C\c1ccc(/C=C3/C(=O)C4(CS(=O)(=O)[O-])CCC34)cc1)C2=O.[2H+]. The number of ketones is 2. The first-order chi connectivity index (χ1) is 13.7. The lowest BCUT2D eigenvalue weighted by atomic mass is 9.43. The molecular formula is C23H24O5S. The Kier molecular flexibility index (Phi) is 3.91. The van der Waals surface area contributed by atoms with Gasteiger partial charge in [-0.1, -0.05) is 31.2 Å². The van der Waals surface area contributed by atoms with Crippen LogP contribution in [0.1, 0.15) is 51.6 Å². The van der Waals surface area contributed by atoms with E-state index >= 15 is 0 Å². The highest BCUT2D eigenvalue weighted by atomic mass is 32.2. The molecule has 1 aromatic rings. The third kappa shape index (κ3) is 2.51. The van der Waals surface area contributed by atoms with Crippen LogP contribution in [0.15, 0.2) is 35.4 Å². The number of Topliss-reactive ketones (excluding diaryl/α,β-unsaturated/α-hetero) is 2. The molecule has 4 fully saturated rings. The van der Waals surface area contributed by atoms with Gasteiger partial charge in [0.05, 0.1) is 21.3 Å². The summed E-state index contributed by atoms with van der Waals surface area (Å²) in [6.07, 6.45) is 8.06. The van der Waals surface area contributed by atoms with E-state index in [9.17, 15) is 22.6 Å². The fraction of sp³-hybridized carbons (Fsp3) is 0.478. The normalized spacial score (nSPS) is 37.9. The summed E-state index contributed by atoms with van der Waals surface area (Å²) < 4.78 is 33.4. The first kappa shape index (κ1) is 18.9. The minimum Gasteiger partial charge on any atom is -0.748 e. The maximum absolute atomic E-state index is 12.5. The van der Waals surface area contributed by atoms with Crippen molar-refractivity contribution in [1.82, 2.24) is 0 Å². The van der Waals surface area contributed by atoms with Gasteiger partial charge in [0.15, 0.2) is 11.6 Å². The van der Waals surface area contributed by atoms with Crippen LogP contribution >= 0.6 is 0 Å². The summed E-state index contributed by atoms with van der Waals surface area (Å²) in [6.45, 7) is 2.09. The number of allylic oxidation sites excluding steroid dienone is 2. The summed E-state index contributed by atoms with van der Waals surface area (Å²) in [6, 6.07) is 7.70. The predicted molar refractivity (Wildman–Crippen MR) is 109 cm³/mol. The number of carbonyl (C=O) groups excluding carboxylic acids is 2. The summed E-state index contributed by atoms with van der Waals surface area (Å²) in [5, 5.41) is 0. The maximum Gasteiger partial charge on any atom is 1.00 e. The fourth-order valence-electron chi connectivity index (χ4n) is 5.98. The predicted octanol–water partition coefficient (Wildman–Crippen LogP) is 3.48. The molecule has 0 aliphatic heterocycles. The van der Waals surface area contributed by atoms with Crippen molar-refractivity contribution in [3.63, 3.8) is 0 Å². The molecule has 0 spiro atoms. The molecule has 0 amide bonds. The van der Waals surface area contributed by atoms with E-state index < -0.39 is 21.3 Å². The van der Waals surface area contributed by atoms with Gasteiger partial charge in [-0.15, -0.1) is 0 Å². The molecule has 29 heavy (non-hydrogen) atoms. The van der Waals surface area contributed by atoms with Crippen molar-refractivity contribution in [2.75, 3.05) is 5.75 Å². The van der Waals surface area contributed by atoms with E-state index in [0.717, 1.165) is 42.4 Å². The molecule has 0 heterocycles. The fourth-order valence-corrected chi connectivity index (χ4v) is 7.08. The smallest absolute Gasteiger partial charge is 0.748 e. The molecule has 6 heteroatoms. The molecule has 0 N–H and O–H groups in total. The third-order valence-electron chi connectivity index (χ3n) is 7.92. The molecule has 4 saturated carbocycles. The lowest BCUT2D eigenvalue weighted by Crippen LogP contribution is -2.62. The Hall–Kier alpha value is -2.05. The number of hydrogen-bond donors (Lipinski definition) is 0. The molecule has 4 aliphatic carbocycles. The van der Waals surface area contributed by atoms with Crippen LogP contribution in [0, 0.1) is 22.7 Å². The van der Waals surface area contributed by atoms with Crippen molar-refractivity contribution in [3.05, 3.63) is 46.5 Å². The van der Waals surface area contributed by atoms with E-state index in [1.54, 1.807) is 6.08 Å². The van der Waals surface area contributed by atoms with Crippen LogP contribution in [0.4, 0.5) is 0 Å². The van der Waals surface area contributed by atoms with Gasteiger partial charge in [0.25, 0.3) is 0 Å². The van der Waals surface area contributed by atoms with Crippen molar-refractivity contribution in [2.45, 2.75) is 39.0 Å². The van der Waals surface area contributed by atoms with Gasteiger partial charge in [0.2, 0.25) is 0 Å². The van der Waals surface area contributed by atoms with Crippen LogP contribution in [0.2, 0.25) is 0 Å². The topological polar surface area (TPSA) is 91.3 Å². The van der Waals surface area contributed by atoms with Crippen molar-refractivity contribution in [1.29, 1.82) is 0 Å². The zero-order valence-corrected chi connectivity index (χ0v) is 17.1. The van der Waals surface area contributed by atoms with Crippen LogP contribution in [0.3, 0.4) is 0 Å². The molecule has 4 atom stereocenters. The van der Waals surface area contributed by atoms with Crippen LogP contribution in [-0.4, -0.2) is 30.3 Å². The van der Waals surface area contributed by atoms with Crippen LogP contribution in [-0.2, 0) is 19.7 Å². The minimum absolute atomic E-state index is 0. The summed E-state index contributed by atoms with van der Waals surface area (Å²) in [5.41, 5.74) is 2.37. The largest absolute Gasteiger partial charge is 1.00 e. The Morgan fingerprint density at radius 1 is 0.966 bits per heavy atom. The molecule has 5 nitrogen and oxygen atoms in total. The van der Waals surface area contributed by atoms with E-state index in [-0.39, 0.29) is 18.5 Å². The monoisotopic (exact) mass is 413 g/mol. The summed E-state index contributed by atoms with van der Waals surface area (Å²) in [5.74, 6) is -0.174. The quantitative estimate of drug-likeness (QED) is 0.544. The summed E-state index contributed by atoms with van der Waals surface area (Å²) >= 11 is 0. The molecule has 4 aliphatic rings. The van der Waals surface area contributed by atoms with Crippen LogP contribution in [0.25, 0.3) is 12.2 Å². The number of rotatable bonds is 5. The lowest BCUT2D eigenvalue weighted by Gasteiger charge is -2.58. The van der Waals surface area contributed by atoms with Crippen molar-refractivity contribution in [2.24, 2.45) is 22.7 Å². The minimum atomic E-state index is -4.41. The van der Waals surface area contributed by atoms with E-state index in [0.29, 0.717) is 23.7 Å². The van der Waals surface area contributed by atoms with Gasteiger partial charge in [0, 0.05) is 28.4 Å².